The maximum absolute atomic E-state index is 6.20. The molecule has 0 saturated heterocycles. The number of aromatic nitrogens is 3. The average Bonchev–Trinajstić information content (AvgIpc) is 2.99. The lowest BCUT2D eigenvalue weighted by atomic mass is 10.1. The van der Waals surface area contributed by atoms with Crippen LogP contribution in [0, 0.1) is 6.92 Å². The lowest BCUT2D eigenvalue weighted by molar-refractivity contribution is 0.879. The molecule has 3 nitrogen and oxygen atoms in total. The van der Waals surface area contributed by atoms with Crippen LogP contribution in [0.1, 0.15) is 5.56 Å². The van der Waals surface area contributed by atoms with E-state index in [0.717, 1.165) is 27.7 Å². The van der Waals surface area contributed by atoms with Crippen LogP contribution in [-0.4, -0.2) is 21.0 Å². The van der Waals surface area contributed by atoms with Gasteiger partial charge in [0.25, 0.3) is 0 Å². The number of rotatable bonds is 3. The molecule has 3 aromatic rings. The minimum absolute atomic E-state index is 0.728. The van der Waals surface area contributed by atoms with Gasteiger partial charge in [-0.2, -0.15) is 5.10 Å². The Morgan fingerprint density at radius 2 is 1.86 bits per heavy atom. The number of thioether (sulfide) groups is 1. The van der Waals surface area contributed by atoms with Crippen LogP contribution in [0.3, 0.4) is 0 Å². The molecule has 1 aromatic heterocycles. The highest BCUT2D eigenvalue weighted by molar-refractivity contribution is 7.98. The summed E-state index contributed by atoms with van der Waals surface area (Å²) in [6.45, 7) is 1.99. The van der Waals surface area contributed by atoms with Crippen LogP contribution in [0.15, 0.2) is 53.7 Å². The molecule has 0 aliphatic heterocycles. The van der Waals surface area contributed by atoms with Gasteiger partial charge in [-0.3, -0.25) is 0 Å². The number of benzene rings is 2. The Morgan fingerprint density at radius 3 is 2.57 bits per heavy atom. The van der Waals surface area contributed by atoms with Crippen molar-refractivity contribution in [2.75, 3.05) is 6.26 Å². The second-order valence-electron chi connectivity index (χ2n) is 4.61. The SMILES string of the molecule is CSc1ccc(-c2ncnn2-c2cccc(Cl)c2C)cc1. The molecule has 0 atom stereocenters. The third-order valence-corrected chi connectivity index (χ3v) is 4.52. The third kappa shape index (κ3) is 2.69. The molecular weight excluding hydrogens is 302 g/mol. The van der Waals surface area contributed by atoms with Crippen LogP contribution in [0.4, 0.5) is 0 Å². The molecule has 0 bridgehead atoms. The minimum atomic E-state index is 0.728. The van der Waals surface area contributed by atoms with Gasteiger partial charge in [0.1, 0.15) is 6.33 Å². The summed E-state index contributed by atoms with van der Waals surface area (Å²) in [7, 11) is 0. The zero-order valence-corrected chi connectivity index (χ0v) is 13.3. The van der Waals surface area contributed by atoms with Gasteiger partial charge in [0.15, 0.2) is 5.82 Å². The molecule has 0 amide bonds. The molecule has 2 aromatic carbocycles. The highest BCUT2D eigenvalue weighted by Crippen LogP contribution is 2.27. The van der Waals surface area contributed by atoms with Crippen LogP contribution < -0.4 is 0 Å². The Kier molecular flexibility index (Phi) is 3.99. The highest BCUT2D eigenvalue weighted by Gasteiger charge is 2.12. The molecule has 5 heteroatoms. The molecular formula is C16H14ClN3S. The molecule has 1 heterocycles. The van der Waals surface area contributed by atoms with Crippen molar-refractivity contribution in [1.82, 2.24) is 14.8 Å². The van der Waals surface area contributed by atoms with Crippen molar-refractivity contribution in [3.63, 3.8) is 0 Å². The maximum Gasteiger partial charge on any atom is 0.163 e. The monoisotopic (exact) mass is 315 g/mol. The topological polar surface area (TPSA) is 30.7 Å². The molecule has 21 heavy (non-hydrogen) atoms. The lowest BCUT2D eigenvalue weighted by Crippen LogP contribution is -2.02. The number of hydrogen-bond acceptors (Lipinski definition) is 3. The fourth-order valence-electron chi connectivity index (χ4n) is 2.18. The Hall–Kier alpha value is -1.78. The molecule has 0 aliphatic carbocycles. The van der Waals surface area contributed by atoms with Crippen molar-refractivity contribution in [3.05, 3.63) is 59.4 Å². The molecule has 0 unspecified atom stereocenters. The summed E-state index contributed by atoms with van der Waals surface area (Å²) >= 11 is 7.92. The predicted molar refractivity (Wildman–Crippen MR) is 88.3 cm³/mol. The van der Waals surface area contributed by atoms with Gasteiger partial charge in [-0.25, -0.2) is 9.67 Å². The standard InChI is InChI=1S/C16H14ClN3S/c1-11-14(17)4-3-5-15(11)20-16(18-10-19-20)12-6-8-13(21-2)9-7-12/h3-10H,1-2H3. The summed E-state index contributed by atoms with van der Waals surface area (Å²) in [5.41, 5.74) is 2.97. The number of hydrogen-bond donors (Lipinski definition) is 0. The first-order valence-corrected chi connectivity index (χ1v) is 8.11. The van der Waals surface area contributed by atoms with Gasteiger partial charge in [0.2, 0.25) is 0 Å². The van der Waals surface area contributed by atoms with Crippen LogP contribution in [0.25, 0.3) is 17.1 Å². The number of nitrogens with zero attached hydrogens (tertiary/aromatic N) is 3. The summed E-state index contributed by atoms with van der Waals surface area (Å²) < 4.78 is 1.83. The van der Waals surface area contributed by atoms with Crippen LogP contribution in [0.5, 0.6) is 0 Å². The van der Waals surface area contributed by atoms with Gasteiger partial charge in [-0.05, 0) is 43.0 Å². The van der Waals surface area contributed by atoms with E-state index in [2.05, 4.69) is 40.6 Å². The molecule has 0 N–H and O–H groups in total. The van der Waals surface area contributed by atoms with E-state index in [1.54, 1.807) is 18.1 Å². The van der Waals surface area contributed by atoms with Gasteiger partial charge in [-0.15, -0.1) is 11.8 Å². The molecule has 0 aliphatic rings. The Bertz CT molecular complexity index is 765. The largest absolute Gasteiger partial charge is 0.215 e. The molecule has 0 saturated carbocycles. The second-order valence-corrected chi connectivity index (χ2v) is 5.89. The van der Waals surface area contributed by atoms with Crippen molar-refractivity contribution in [3.8, 4) is 17.1 Å². The predicted octanol–water partition coefficient (Wildman–Crippen LogP) is 4.62. The summed E-state index contributed by atoms with van der Waals surface area (Å²) in [6, 6.07) is 14.1. The van der Waals surface area contributed by atoms with Gasteiger partial charge in [0.05, 0.1) is 5.69 Å². The van der Waals surface area contributed by atoms with Crippen molar-refractivity contribution in [2.45, 2.75) is 11.8 Å². The Balaban J connectivity index is 2.10. The van der Waals surface area contributed by atoms with E-state index in [4.69, 9.17) is 11.6 Å². The van der Waals surface area contributed by atoms with Crippen LogP contribution in [0.2, 0.25) is 5.02 Å². The molecule has 106 valence electrons. The molecule has 0 radical (unpaired) electrons. The van der Waals surface area contributed by atoms with E-state index in [9.17, 15) is 0 Å². The zero-order valence-electron chi connectivity index (χ0n) is 11.7. The first kappa shape index (κ1) is 14.2. The fraction of sp³-hybridized carbons (Fsp3) is 0.125. The van der Waals surface area contributed by atoms with Crippen molar-refractivity contribution < 1.29 is 0 Å². The first-order chi connectivity index (χ1) is 10.2. The smallest absolute Gasteiger partial charge is 0.163 e. The zero-order chi connectivity index (χ0) is 14.8. The fourth-order valence-corrected chi connectivity index (χ4v) is 2.76. The van der Waals surface area contributed by atoms with E-state index in [-0.39, 0.29) is 0 Å². The van der Waals surface area contributed by atoms with E-state index < -0.39 is 0 Å². The van der Waals surface area contributed by atoms with Crippen molar-refractivity contribution in [1.29, 1.82) is 0 Å². The minimum Gasteiger partial charge on any atom is -0.215 e. The maximum atomic E-state index is 6.20. The summed E-state index contributed by atoms with van der Waals surface area (Å²) in [5.74, 6) is 0.813. The lowest BCUT2D eigenvalue weighted by Gasteiger charge is -2.10. The van der Waals surface area contributed by atoms with Gasteiger partial charge in [0, 0.05) is 15.5 Å². The Labute approximate surface area is 133 Å². The van der Waals surface area contributed by atoms with Crippen LogP contribution in [-0.2, 0) is 0 Å². The highest BCUT2D eigenvalue weighted by atomic mass is 35.5. The molecule has 0 spiro atoms. The summed E-state index contributed by atoms with van der Waals surface area (Å²) in [6.07, 6.45) is 3.63. The number of halogens is 1. The first-order valence-electron chi connectivity index (χ1n) is 6.50. The van der Waals surface area contributed by atoms with E-state index in [1.807, 2.05) is 29.8 Å². The second kappa shape index (κ2) is 5.92. The summed E-state index contributed by atoms with van der Waals surface area (Å²) in [5, 5.41) is 5.08. The van der Waals surface area contributed by atoms with Gasteiger partial charge >= 0.3 is 0 Å². The normalized spacial score (nSPS) is 10.8. The van der Waals surface area contributed by atoms with E-state index in [1.165, 1.54) is 4.90 Å². The average molecular weight is 316 g/mol. The van der Waals surface area contributed by atoms with Gasteiger partial charge < -0.3 is 0 Å². The third-order valence-electron chi connectivity index (χ3n) is 3.36. The van der Waals surface area contributed by atoms with Gasteiger partial charge in [-0.1, -0.05) is 29.8 Å². The Morgan fingerprint density at radius 1 is 1.10 bits per heavy atom. The van der Waals surface area contributed by atoms with E-state index >= 15 is 0 Å². The van der Waals surface area contributed by atoms with Crippen LogP contribution >= 0.6 is 23.4 Å². The van der Waals surface area contributed by atoms with E-state index in [0.29, 0.717) is 0 Å². The van der Waals surface area contributed by atoms with Crippen molar-refractivity contribution in [2.24, 2.45) is 0 Å². The van der Waals surface area contributed by atoms with Crippen molar-refractivity contribution >= 4 is 23.4 Å². The summed E-state index contributed by atoms with van der Waals surface area (Å²) in [4.78, 5) is 5.62. The molecule has 0 fully saturated rings. The quantitative estimate of drug-likeness (QED) is 0.661. The molecule has 3 rings (SSSR count).